The first-order valence-electron chi connectivity index (χ1n) is 10.6. The molecule has 3 aromatic rings. The average Bonchev–Trinajstić information content (AvgIpc) is 3.29. The molecular weight excluding hydrogens is 424 g/mol. The number of halogens is 1. The Morgan fingerprint density at radius 1 is 0.969 bits per heavy atom. The molecule has 1 aliphatic rings. The van der Waals surface area contributed by atoms with Crippen LogP contribution < -0.4 is 10.1 Å². The molecule has 1 heterocycles. The molecule has 0 saturated carbocycles. The molecule has 1 N–H and O–H groups in total. The van der Waals surface area contributed by atoms with Crippen LogP contribution in [-0.2, 0) is 11.3 Å². The highest BCUT2D eigenvalue weighted by Gasteiger charge is 2.40. The van der Waals surface area contributed by atoms with Crippen LogP contribution in [0.5, 0.6) is 5.75 Å². The van der Waals surface area contributed by atoms with Crippen LogP contribution in [-0.4, -0.2) is 36.9 Å². The van der Waals surface area contributed by atoms with Crippen LogP contribution in [0.15, 0.2) is 78.9 Å². The Morgan fingerprint density at radius 3 is 2.34 bits per heavy atom. The molecular formula is C26H25ClN2O3. The minimum absolute atomic E-state index is 0.0656. The van der Waals surface area contributed by atoms with Gasteiger partial charge >= 0.3 is 0 Å². The van der Waals surface area contributed by atoms with Gasteiger partial charge in [0.25, 0.3) is 5.91 Å². The lowest BCUT2D eigenvalue weighted by Crippen LogP contribution is -2.35. The molecule has 4 rings (SSSR count). The highest BCUT2D eigenvalue weighted by atomic mass is 35.5. The van der Waals surface area contributed by atoms with Gasteiger partial charge < -0.3 is 15.0 Å². The molecule has 2 atom stereocenters. The summed E-state index contributed by atoms with van der Waals surface area (Å²) in [6, 6.07) is 24.5. The van der Waals surface area contributed by atoms with E-state index in [9.17, 15) is 9.59 Å². The van der Waals surface area contributed by atoms with Crippen LogP contribution in [0, 0.1) is 5.92 Å². The zero-order valence-electron chi connectivity index (χ0n) is 17.8. The molecule has 0 radical (unpaired) electrons. The number of nitrogens with one attached hydrogen (secondary N) is 1. The van der Waals surface area contributed by atoms with E-state index < -0.39 is 0 Å². The van der Waals surface area contributed by atoms with E-state index >= 15 is 0 Å². The summed E-state index contributed by atoms with van der Waals surface area (Å²) in [4.78, 5) is 28.1. The minimum atomic E-state index is -0.362. The lowest BCUT2D eigenvalue weighted by atomic mass is 9.88. The van der Waals surface area contributed by atoms with E-state index in [1.807, 2.05) is 54.6 Å². The molecule has 164 valence electrons. The average molecular weight is 449 g/mol. The third kappa shape index (κ3) is 4.78. The monoisotopic (exact) mass is 448 g/mol. The van der Waals surface area contributed by atoms with Crippen molar-refractivity contribution < 1.29 is 14.3 Å². The van der Waals surface area contributed by atoms with Gasteiger partial charge in [-0.2, -0.15) is 0 Å². The second kappa shape index (κ2) is 9.88. The summed E-state index contributed by atoms with van der Waals surface area (Å²) in [5, 5.41) is 3.46. The first kappa shape index (κ1) is 21.9. The van der Waals surface area contributed by atoms with Crippen LogP contribution in [0.3, 0.4) is 0 Å². The SMILES string of the molecule is COc1ccc([C@@H]2CN(C(=O)c3ccccc3Cl)C[C@H]2C(=O)NCc2ccccc2)cc1. The maximum absolute atomic E-state index is 13.2. The first-order chi connectivity index (χ1) is 15.6. The van der Waals surface area contributed by atoms with Crippen LogP contribution in [0.4, 0.5) is 0 Å². The number of ether oxygens (including phenoxy) is 1. The Morgan fingerprint density at radius 2 is 1.66 bits per heavy atom. The van der Waals surface area contributed by atoms with Gasteiger partial charge in [0, 0.05) is 25.6 Å². The summed E-state index contributed by atoms with van der Waals surface area (Å²) in [5.41, 5.74) is 2.48. The normalized spacial score (nSPS) is 17.8. The Hall–Kier alpha value is -3.31. The van der Waals surface area contributed by atoms with Crippen LogP contribution in [0.2, 0.25) is 5.02 Å². The lowest BCUT2D eigenvalue weighted by molar-refractivity contribution is -0.125. The number of methoxy groups -OCH3 is 1. The van der Waals surface area contributed by atoms with Crippen LogP contribution >= 0.6 is 11.6 Å². The van der Waals surface area contributed by atoms with E-state index in [0.717, 1.165) is 16.9 Å². The molecule has 1 aliphatic heterocycles. The molecule has 0 aliphatic carbocycles. The van der Waals surface area contributed by atoms with E-state index in [2.05, 4.69) is 5.32 Å². The van der Waals surface area contributed by atoms with Gasteiger partial charge in [0.1, 0.15) is 5.75 Å². The summed E-state index contributed by atoms with van der Waals surface area (Å²) in [7, 11) is 1.62. The zero-order valence-corrected chi connectivity index (χ0v) is 18.6. The van der Waals surface area contributed by atoms with E-state index in [1.54, 1.807) is 36.3 Å². The maximum Gasteiger partial charge on any atom is 0.255 e. The van der Waals surface area contributed by atoms with Crippen molar-refractivity contribution in [3.63, 3.8) is 0 Å². The summed E-state index contributed by atoms with van der Waals surface area (Å²) in [5.74, 6) is 0.0408. The smallest absolute Gasteiger partial charge is 0.255 e. The van der Waals surface area contributed by atoms with Crippen molar-refractivity contribution in [1.29, 1.82) is 0 Å². The van der Waals surface area contributed by atoms with Crippen LogP contribution in [0.1, 0.15) is 27.4 Å². The van der Waals surface area contributed by atoms with Crippen molar-refractivity contribution in [3.05, 3.63) is 101 Å². The quantitative estimate of drug-likeness (QED) is 0.603. The second-order valence-corrected chi connectivity index (χ2v) is 8.29. The number of amides is 2. The number of hydrogen-bond acceptors (Lipinski definition) is 3. The van der Waals surface area contributed by atoms with Gasteiger partial charge in [-0.1, -0.05) is 66.2 Å². The number of carbonyl (C=O) groups excluding carboxylic acids is 2. The molecule has 1 fully saturated rings. The summed E-state index contributed by atoms with van der Waals surface area (Å²) >= 11 is 6.26. The second-order valence-electron chi connectivity index (χ2n) is 7.88. The fraction of sp³-hybridized carbons (Fsp3) is 0.231. The first-order valence-corrected chi connectivity index (χ1v) is 10.9. The van der Waals surface area contributed by atoms with Gasteiger partial charge in [-0.05, 0) is 35.4 Å². The Labute approximate surface area is 193 Å². The predicted octanol–water partition coefficient (Wildman–Crippen LogP) is 4.52. The Bertz CT molecular complexity index is 1090. The van der Waals surface area contributed by atoms with Crippen molar-refractivity contribution >= 4 is 23.4 Å². The fourth-order valence-corrected chi connectivity index (χ4v) is 4.36. The molecule has 1 saturated heterocycles. The number of likely N-dealkylation sites (tertiary alicyclic amines) is 1. The van der Waals surface area contributed by atoms with Gasteiger partial charge in [0.15, 0.2) is 0 Å². The van der Waals surface area contributed by atoms with Crippen molar-refractivity contribution in [2.24, 2.45) is 5.92 Å². The molecule has 0 spiro atoms. The molecule has 3 aromatic carbocycles. The topological polar surface area (TPSA) is 58.6 Å². The number of carbonyl (C=O) groups is 2. The Balaban J connectivity index is 1.56. The summed E-state index contributed by atoms with van der Waals surface area (Å²) in [6.45, 7) is 1.23. The fourth-order valence-electron chi connectivity index (χ4n) is 4.15. The number of nitrogens with zero attached hydrogens (tertiary/aromatic N) is 1. The maximum atomic E-state index is 13.2. The highest BCUT2D eigenvalue weighted by molar-refractivity contribution is 6.33. The predicted molar refractivity (Wildman–Crippen MR) is 125 cm³/mol. The van der Waals surface area contributed by atoms with E-state index in [-0.39, 0.29) is 23.7 Å². The largest absolute Gasteiger partial charge is 0.497 e. The number of rotatable bonds is 6. The molecule has 6 heteroatoms. The van der Waals surface area contributed by atoms with Gasteiger partial charge in [-0.15, -0.1) is 0 Å². The standard InChI is InChI=1S/C26H25ClN2O3/c1-32-20-13-11-19(12-14-20)22-16-29(26(31)21-9-5-6-10-24(21)27)17-23(22)25(30)28-15-18-7-3-2-4-8-18/h2-14,22-23H,15-17H2,1H3,(H,28,30)/t22-,23+/m0/s1. The van der Waals surface area contributed by atoms with E-state index in [0.29, 0.717) is 30.2 Å². The van der Waals surface area contributed by atoms with Crippen molar-refractivity contribution in [3.8, 4) is 5.75 Å². The molecule has 5 nitrogen and oxygen atoms in total. The van der Waals surface area contributed by atoms with Gasteiger partial charge in [-0.25, -0.2) is 0 Å². The van der Waals surface area contributed by atoms with Crippen molar-refractivity contribution in [1.82, 2.24) is 10.2 Å². The zero-order chi connectivity index (χ0) is 22.5. The Kier molecular flexibility index (Phi) is 6.76. The van der Waals surface area contributed by atoms with Gasteiger partial charge in [0.05, 0.1) is 23.6 Å². The van der Waals surface area contributed by atoms with Gasteiger partial charge in [0.2, 0.25) is 5.91 Å². The van der Waals surface area contributed by atoms with Crippen LogP contribution in [0.25, 0.3) is 0 Å². The molecule has 0 unspecified atom stereocenters. The summed E-state index contributed by atoms with van der Waals surface area (Å²) in [6.07, 6.45) is 0. The third-order valence-electron chi connectivity index (χ3n) is 5.90. The summed E-state index contributed by atoms with van der Waals surface area (Å²) < 4.78 is 5.27. The molecule has 2 amide bonds. The van der Waals surface area contributed by atoms with E-state index in [4.69, 9.17) is 16.3 Å². The van der Waals surface area contributed by atoms with Gasteiger partial charge in [-0.3, -0.25) is 9.59 Å². The third-order valence-corrected chi connectivity index (χ3v) is 6.23. The number of benzene rings is 3. The van der Waals surface area contributed by atoms with Crippen molar-refractivity contribution in [2.45, 2.75) is 12.5 Å². The van der Waals surface area contributed by atoms with Crippen molar-refractivity contribution in [2.75, 3.05) is 20.2 Å². The highest BCUT2D eigenvalue weighted by Crippen LogP contribution is 2.35. The molecule has 0 bridgehead atoms. The molecule has 32 heavy (non-hydrogen) atoms. The molecule has 0 aromatic heterocycles. The minimum Gasteiger partial charge on any atom is -0.497 e. The van der Waals surface area contributed by atoms with E-state index in [1.165, 1.54) is 0 Å². The number of hydrogen-bond donors (Lipinski definition) is 1. The lowest BCUT2D eigenvalue weighted by Gasteiger charge is -2.18.